The fraction of sp³-hybridized carbons (Fsp3) is 0.892. The van der Waals surface area contributed by atoms with Crippen LogP contribution in [0.5, 0.6) is 0 Å². The molecule has 3 fully saturated rings. The predicted molar refractivity (Wildman–Crippen MR) is 406 cm³/mol. The van der Waals surface area contributed by atoms with Crippen molar-refractivity contribution in [2.45, 2.75) is 446 Å². The first kappa shape index (κ1) is 94.0. The second-order valence-corrected chi connectivity index (χ2v) is 29.9. The first-order chi connectivity index (χ1) is 49.8. The van der Waals surface area contributed by atoms with E-state index in [2.05, 4.69) is 55.6 Å². The average Bonchev–Trinajstić information content (AvgIpc) is 0.782. The van der Waals surface area contributed by atoms with Crippen LogP contribution in [0.25, 0.3) is 0 Å². The van der Waals surface area contributed by atoms with Crippen LogP contribution in [0.4, 0.5) is 0 Å². The van der Waals surface area contributed by atoms with Crippen molar-refractivity contribution in [3.8, 4) is 0 Å². The molecule has 3 heterocycles. The van der Waals surface area contributed by atoms with Gasteiger partial charge in [0.05, 0.1) is 38.6 Å². The van der Waals surface area contributed by atoms with Crippen LogP contribution >= 0.6 is 0 Å². The number of nitrogens with one attached hydrogen (secondary N) is 1. The van der Waals surface area contributed by atoms with Crippen LogP contribution in [0.3, 0.4) is 0 Å². The molecule has 19 heteroatoms. The molecular weight excluding hydrogens is 1300 g/mol. The van der Waals surface area contributed by atoms with E-state index in [-0.39, 0.29) is 18.9 Å². The van der Waals surface area contributed by atoms with Crippen molar-refractivity contribution in [1.82, 2.24) is 5.32 Å². The van der Waals surface area contributed by atoms with Gasteiger partial charge in [0.2, 0.25) is 5.91 Å². The van der Waals surface area contributed by atoms with Gasteiger partial charge in [-0.1, -0.05) is 313 Å². The minimum atomic E-state index is -1.98. The molecule has 1 amide bonds. The van der Waals surface area contributed by atoms with E-state index in [1.165, 1.54) is 263 Å². The van der Waals surface area contributed by atoms with Gasteiger partial charge >= 0.3 is 0 Å². The quantitative estimate of drug-likeness (QED) is 0.0199. The highest BCUT2D eigenvalue weighted by Crippen LogP contribution is 2.33. The summed E-state index contributed by atoms with van der Waals surface area (Å²) in [6, 6.07) is -0.998. The van der Waals surface area contributed by atoms with Crippen molar-refractivity contribution in [2.75, 3.05) is 26.4 Å². The molecule has 0 aliphatic carbocycles. The van der Waals surface area contributed by atoms with Gasteiger partial charge in [0.25, 0.3) is 0 Å². The Hall–Kier alpha value is -2.25. The Kier molecular flexibility index (Phi) is 58.6. The number of rotatable bonds is 67. The summed E-state index contributed by atoms with van der Waals surface area (Å²) < 4.78 is 34.5. The van der Waals surface area contributed by atoms with E-state index in [1.807, 2.05) is 6.08 Å². The third-order valence-electron chi connectivity index (χ3n) is 20.8. The van der Waals surface area contributed by atoms with E-state index in [0.717, 1.165) is 44.9 Å². The van der Waals surface area contributed by atoms with Gasteiger partial charge in [-0.2, -0.15) is 0 Å². The van der Waals surface area contributed by atoms with E-state index in [9.17, 15) is 61.0 Å². The third-order valence-corrected chi connectivity index (χ3v) is 20.8. The fourth-order valence-electron chi connectivity index (χ4n) is 14.1. The standard InChI is InChI=1S/C83H153NO18/c1-3-5-7-9-11-13-15-17-19-21-23-25-27-29-31-32-33-35-36-38-40-42-44-46-48-50-52-54-56-58-60-67(88)66(84-71(89)61-59-57-55-53-51-49-47-45-43-41-39-37-34-30-28-26-24-22-20-18-16-14-12-10-8-6-4-2)65-97-81-77(95)74(92)79(69(63-86)99-81)102-83-78(96)75(93)80(70(64-87)100-83)101-82-76(94)73(91)72(90)68(62-85)98-82/h22,24,42,44,50,52,58,60,66-70,72-83,85-88,90-96H,3-21,23,25-41,43,45-49,51,53-57,59,61-65H2,1-2H3,(H,84,89)/b24-22-,44-42+,52-50+,60-58+. The van der Waals surface area contributed by atoms with E-state index >= 15 is 0 Å². The Morgan fingerprint density at radius 1 is 0.343 bits per heavy atom. The van der Waals surface area contributed by atoms with Gasteiger partial charge in [-0.25, -0.2) is 0 Å². The van der Waals surface area contributed by atoms with Crippen LogP contribution in [0.1, 0.15) is 341 Å². The van der Waals surface area contributed by atoms with E-state index in [4.69, 9.17) is 28.4 Å². The van der Waals surface area contributed by atoms with Crippen LogP contribution in [0.2, 0.25) is 0 Å². The molecule has 0 bridgehead atoms. The summed E-state index contributed by atoms with van der Waals surface area (Å²) in [5.41, 5.74) is 0. The summed E-state index contributed by atoms with van der Waals surface area (Å²) in [7, 11) is 0. The van der Waals surface area contributed by atoms with Crippen LogP contribution in [0, 0.1) is 0 Å². The number of carbonyl (C=O) groups is 1. The molecule has 598 valence electrons. The molecule has 17 unspecified atom stereocenters. The summed E-state index contributed by atoms with van der Waals surface area (Å²) in [5, 5.41) is 121. The zero-order chi connectivity index (χ0) is 73.9. The van der Waals surface area contributed by atoms with Crippen LogP contribution in [-0.4, -0.2) is 193 Å². The zero-order valence-electron chi connectivity index (χ0n) is 64.1. The van der Waals surface area contributed by atoms with Gasteiger partial charge in [-0.3, -0.25) is 4.79 Å². The highest BCUT2D eigenvalue weighted by atomic mass is 16.8. The lowest BCUT2D eigenvalue weighted by Crippen LogP contribution is -2.66. The van der Waals surface area contributed by atoms with Crippen molar-refractivity contribution in [3.05, 3.63) is 48.6 Å². The molecule has 0 aromatic carbocycles. The van der Waals surface area contributed by atoms with Gasteiger partial charge < -0.3 is 89.9 Å². The number of aliphatic hydroxyl groups excluding tert-OH is 11. The Bertz CT molecular complexity index is 2030. The molecular formula is C83H153NO18. The van der Waals surface area contributed by atoms with Crippen molar-refractivity contribution in [2.24, 2.45) is 0 Å². The van der Waals surface area contributed by atoms with Crippen molar-refractivity contribution in [3.63, 3.8) is 0 Å². The first-order valence-corrected chi connectivity index (χ1v) is 41.9. The van der Waals surface area contributed by atoms with Crippen LogP contribution in [0.15, 0.2) is 48.6 Å². The fourth-order valence-corrected chi connectivity index (χ4v) is 14.1. The number of allylic oxidation sites excluding steroid dienone is 7. The van der Waals surface area contributed by atoms with Gasteiger partial charge in [0.15, 0.2) is 18.9 Å². The largest absolute Gasteiger partial charge is 0.394 e. The van der Waals surface area contributed by atoms with Crippen LogP contribution in [-0.2, 0) is 33.2 Å². The van der Waals surface area contributed by atoms with Gasteiger partial charge in [-0.05, 0) is 70.6 Å². The zero-order valence-corrected chi connectivity index (χ0v) is 64.1. The molecule has 17 atom stereocenters. The van der Waals surface area contributed by atoms with Gasteiger partial charge in [0, 0.05) is 6.42 Å². The summed E-state index contributed by atoms with van der Waals surface area (Å²) in [6.07, 6.45) is 54.0. The topological polar surface area (TPSA) is 307 Å². The average molecular weight is 1450 g/mol. The molecule has 102 heavy (non-hydrogen) atoms. The van der Waals surface area contributed by atoms with Crippen molar-refractivity contribution in [1.29, 1.82) is 0 Å². The minimum absolute atomic E-state index is 0.234. The second-order valence-electron chi connectivity index (χ2n) is 29.9. The summed E-state index contributed by atoms with van der Waals surface area (Å²) in [5.74, 6) is -0.285. The van der Waals surface area contributed by atoms with Gasteiger partial charge in [0.1, 0.15) is 73.2 Å². The maximum atomic E-state index is 13.5. The number of carbonyl (C=O) groups excluding carboxylic acids is 1. The molecule has 0 aromatic rings. The van der Waals surface area contributed by atoms with E-state index in [1.54, 1.807) is 6.08 Å². The highest BCUT2D eigenvalue weighted by Gasteiger charge is 2.54. The molecule has 0 saturated carbocycles. The van der Waals surface area contributed by atoms with Crippen molar-refractivity contribution >= 4 is 5.91 Å². The Morgan fingerprint density at radius 3 is 0.980 bits per heavy atom. The Morgan fingerprint density at radius 2 is 0.627 bits per heavy atom. The number of amides is 1. The number of aliphatic hydroxyl groups is 11. The monoisotopic (exact) mass is 1450 g/mol. The lowest BCUT2D eigenvalue weighted by molar-refractivity contribution is -0.379. The van der Waals surface area contributed by atoms with E-state index < -0.39 is 124 Å². The molecule has 3 aliphatic heterocycles. The maximum Gasteiger partial charge on any atom is 0.220 e. The molecule has 0 aromatic heterocycles. The minimum Gasteiger partial charge on any atom is -0.394 e. The highest BCUT2D eigenvalue weighted by molar-refractivity contribution is 5.76. The third kappa shape index (κ3) is 43.1. The molecule has 0 radical (unpaired) electrons. The number of hydrogen-bond acceptors (Lipinski definition) is 18. The molecule has 3 saturated heterocycles. The number of unbranched alkanes of at least 4 members (excludes halogenated alkanes) is 45. The summed E-state index contributed by atoms with van der Waals surface area (Å²) >= 11 is 0. The molecule has 19 nitrogen and oxygen atoms in total. The lowest BCUT2D eigenvalue weighted by Gasteiger charge is -2.48. The lowest BCUT2D eigenvalue weighted by atomic mass is 9.96. The summed E-state index contributed by atoms with van der Waals surface area (Å²) in [6.45, 7) is 1.76. The molecule has 3 aliphatic rings. The smallest absolute Gasteiger partial charge is 0.220 e. The predicted octanol–water partition coefficient (Wildman–Crippen LogP) is 14.5. The first-order valence-electron chi connectivity index (χ1n) is 41.9. The normalized spacial score (nSPS) is 26.4. The van der Waals surface area contributed by atoms with Crippen LogP contribution < -0.4 is 5.32 Å². The number of ether oxygens (including phenoxy) is 6. The second kappa shape index (κ2) is 63.7. The summed E-state index contributed by atoms with van der Waals surface area (Å²) in [4.78, 5) is 13.5. The maximum absolute atomic E-state index is 13.5. The SMILES string of the molecule is CCCCCCCCCC/C=C\CCCCCCCCCCCCCCCCCC(=O)NC(COC1OC(CO)C(OC2OC(CO)C(OC3OC(CO)C(O)C(O)C3O)C(O)C2O)C(O)C1O)C(O)/C=C/CC/C=C/CC/C=C/CCCCCCCCCCCCCCCCCCCCCC. The van der Waals surface area contributed by atoms with Gasteiger partial charge in [-0.15, -0.1) is 0 Å². The number of hydrogen-bond donors (Lipinski definition) is 12. The molecule has 12 N–H and O–H groups in total. The van der Waals surface area contributed by atoms with E-state index in [0.29, 0.717) is 12.8 Å². The molecule has 0 spiro atoms. The Labute approximate surface area is 618 Å². The molecule has 3 rings (SSSR count). The van der Waals surface area contributed by atoms with Crippen molar-refractivity contribution < 1.29 is 89.4 Å². The Balaban J connectivity index is 1.38.